The highest BCUT2D eigenvalue weighted by molar-refractivity contribution is 5.82. The third kappa shape index (κ3) is 3.78. The topological polar surface area (TPSA) is 37.3 Å². The molecule has 0 aromatic carbocycles. The Morgan fingerprint density at radius 3 is 2.93 bits per heavy atom. The average molecular weight is 210 g/mol. The van der Waals surface area contributed by atoms with Crippen LogP contribution in [0.4, 0.5) is 0 Å². The SMILES string of the molecule is C/C=C/[C@H]1CCCC(=O)[C@@H]1CCCCO. The molecule has 0 heterocycles. The second-order valence-electron chi connectivity index (χ2n) is 4.37. The Bertz CT molecular complexity index is 221. The van der Waals surface area contributed by atoms with Crippen LogP contribution in [0.25, 0.3) is 0 Å². The second kappa shape index (κ2) is 6.78. The van der Waals surface area contributed by atoms with Crippen LogP contribution in [-0.2, 0) is 4.79 Å². The van der Waals surface area contributed by atoms with E-state index >= 15 is 0 Å². The van der Waals surface area contributed by atoms with Crippen LogP contribution in [0, 0.1) is 11.8 Å². The first-order valence-corrected chi connectivity index (χ1v) is 6.06. The first-order valence-electron chi connectivity index (χ1n) is 6.06. The van der Waals surface area contributed by atoms with Crippen LogP contribution in [0.2, 0.25) is 0 Å². The number of rotatable bonds is 5. The first kappa shape index (κ1) is 12.4. The fourth-order valence-electron chi connectivity index (χ4n) is 2.47. The number of carbonyl (C=O) groups is 1. The van der Waals surface area contributed by atoms with E-state index in [1.807, 2.05) is 6.92 Å². The fourth-order valence-corrected chi connectivity index (χ4v) is 2.47. The van der Waals surface area contributed by atoms with E-state index in [-0.39, 0.29) is 12.5 Å². The summed E-state index contributed by atoms with van der Waals surface area (Å²) < 4.78 is 0. The van der Waals surface area contributed by atoms with Gasteiger partial charge in [-0.1, -0.05) is 18.6 Å². The Kier molecular flexibility index (Phi) is 5.62. The molecule has 0 bridgehead atoms. The summed E-state index contributed by atoms with van der Waals surface area (Å²) >= 11 is 0. The molecule has 2 nitrogen and oxygen atoms in total. The van der Waals surface area contributed by atoms with Gasteiger partial charge in [0.1, 0.15) is 5.78 Å². The Morgan fingerprint density at radius 1 is 1.47 bits per heavy atom. The maximum atomic E-state index is 11.8. The third-order valence-corrected chi connectivity index (χ3v) is 3.25. The zero-order chi connectivity index (χ0) is 11.1. The molecule has 1 aliphatic rings. The predicted octanol–water partition coefficient (Wildman–Crippen LogP) is 2.71. The van der Waals surface area contributed by atoms with Gasteiger partial charge in [-0.2, -0.15) is 0 Å². The molecule has 2 heteroatoms. The van der Waals surface area contributed by atoms with Crippen molar-refractivity contribution in [2.75, 3.05) is 6.61 Å². The normalized spacial score (nSPS) is 27.5. The molecule has 0 aromatic rings. The lowest BCUT2D eigenvalue weighted by molar-refractivity contribution is -0.126. The average Bonchev–Trinajstić information content (AvgIpc) is 2.23. The van der Waals surface area contributed by atoms with Gasteiger partial charge in [0.15, 0.2) is 0 Å². The van der Waals surface area contributed by atoms with Gasteiger partial charge in [-0.25, -0.2) is 0 Å². The summed E-state index contributed by atoms with van der Waals surface area (Å²) in [6.45, 7) is 2.26. The number of ketones is 1. The maximum Gasteiger partial charge on any atom is 0.136 e. The molecule has 86 valence electrons. The van der Waals surface area contributed by atoms with E-state index in [2.05, 4.69) is 12.2 Å². The van der Waals surface area contributed by atoms with Crippen molar-refractivity contribution in [3.8, 4) is 0 Å². The van der Waals surface area contributed by atoms with Gasteiger partial charge in [-0.05, 0) is 38.5 Å². The highest BCUT2D eigenvalue weighted by Crippen LogP contribution is 2.31. The lowest BCUT2D eigenvalue weighted by atomic mass is 9.75. The van der Waals surface area contributed by atoms with E-state index in [0.717, 1.165) is 38.5 Å². The zero-order valence-corrected chi connectivity index (χ0v) is 9.61. The van der Waals surface area contributed by atoms with Crippen LogP contribution in [0.15, 0.2) is 12.2 Å². The van der Waals surface area contributed by atoms with Crippen molar-refractivity contribution in [2.45, 2.75) is 45.4 Å². The molecule has 0 aliphatic heterocycles. The number of Topliss-reactive ketones (excluding diaryl/α,β-unsaturated/α-hetero) is 1. The molecule has 0 amide bonds. The molecule has 1 saturated carbocycles. The molecule has 0 aromatic heterocycles. The highest BCUT2D eigenvalue weighted by Gasteiger charge is 2.29. The summed E-state index contributed by atoms with van der Waals surface area (Å²) in [6.07, 6.45) is 9.95. The minimum atomic E-state index is 0.224. The quantitative estimate of drug-likeness (QED) is 0.559. The Labute approximate surface area is 92.4 Å². The summed E-state index contributed by atoms with van der Waals surface area (Å²) in [6, 6.07) is 0. The molecule has 1 aliphatic carbocycles. The molecule has 1 fully saturated rings. The van der Waals surface area contributed by atoms with Gasteiger partial charge in [0, 0.05) is 18.9 Å². The van der Waals surface area contributed by atoms with Gasteiger partial charge in [0.05, 0.1) is 0 Å². The minimum absolute atomic E-state index is 0.224. The van der Waals surface area contributed by atoms with Crippen molar-refractivity contribution in [1.82, 2.24) is 0 Å². The molecular weight excluding hydrogens is 188 g/mol. The number of hydrogen-bond donors (Lipinski definition) is 1. The van der Waals surface area contributed by atoms with Crippen molar-refractivity contribution < 1.29 is 9.90 Å². The molecule has 1 N–H and O–H groups in total. The Hall–Kier alpha value is -0.630. The van der Waals surface area contributed by atoms with Crippen LogP contribution in [0.3, 0.4) is 0 Å². The van der Waals surface area contributed by atoms with Crippen molar-refractivity contribution in [2.24, 2.45) is 11.8 Å². The Morgan fingerprint density at radius 2 is 2.27 bits per heavy atom. The molecule has 15 heavy (non-hydrogen) atoms. The van der Waals surface area contributed by atoms with E-state index in [1.165, 1.54) is 0 Å². The van der Waals surface area contributed by atoms with Gasteiger partial charge in [0.25, 0.3) is 0 Å². The van der Waals surface area contributed by atoms with Gasteiger partial charge in [0.2, 0.25) is 0 Å². The minimum Gasteiger partial charge on any atom is -0.396 e. The van der Waals surface area contributed by atoms with Gasteiger partial charge >= 0.3 is 0 Å². The van der Waals surface area contributed by atoms with Crippen molar-refractivity contribution in [1.29, 1.82) is 0 Å². The van der Waals surface area contributed by atoms with Crippen molar-refractivity contribution >= 4 is 5.78 Å². The highest BCUT2D eigenvalue weighted by atomic mass is 16.2. The number of carbonyl (C=O) groups excluding carboxylic acids is 1. The maximum absolute atomic E-state index is 11.8. The molecule has 0 saturated heterocycles. The predicted molar refractivity (Wildman–Crippen MR) is 61.6 cm³/mol. The Balaban J connectivity index is 2.48. The zero-order valence-electron chi connectivity index (χ0n) is 9.61. The molecular formula is C13H22O2. The number of unbranched alkanes of at least 4 members (excludes halogenated alkanes) is 1. The standard InChI is InChI=1S/C13H22O2/c1-2-6-11-7-5-9-13(15)12(11)8-3-4-10-14/h2,6,11-12,14H,3-5,7-10H2,1H3/b6-2+/t11-,12+/m0/s1. The fraction of sp³-hybridized carbons (Fsp3) is 0.769. The second-order valence-corrected chi connectivity index (χ2v) is 4.37. The van der Waals surface area contributed by atoms with Gasteiger partial charge in [-0.15, -0.1) is 0 Å². The first-order chi connectivity index (χ1) is 7.29. The molecule has 2 atom stereocenters. The molecule has 0 spiro atoms. The van der Waals surface area contributed by atoms with Crippen LogP contribution >= 0.6 is 0 Å². The number of aliphatic hydroxyl groups is 1. The number of allylic oxidation sites excluding steroid dienone is 2. The van der Waals surface area contributed by atoms with Gasteiger partial charge in [-0.3, -0.25) is 4.79 Å². The lowest BCUT2D eigenvalue weighted by Gasteiger charge is -2.28. The molecule has 1 rings (SSSR count). The van der Waals surface area contributed by atoms with Crippen LogP contribution < -0.4 is 0 Å². The van der Waals surface area contributed by atoms with Crippen LogP contribution in [-0.4, -0.2) is 17.5 Å². The number of hydrogen-bond acceptors (Lipinski definition) is 2. The summed E-state index contributed by atoms with van der Waals surface area (Å²) in [5.74, 6) is 1.11. The van der Waals surface area contributed by atoms with E-state index in [4.69, 9.17) is 5.11 Å². The monoisotopic (exact) mass is 210 g/mol. The van der Waals surface area contributed by atoms with Crippen LogP contribution in [0.1, 0.15) is 45.4 Å². The van der Waals surface area contributed by atoms with Crippen LogP contribution in [0.5, 0.6) is 0 Å². The summed E-state index contributed by atoms with van der Waals surface area (Å²) in [4.78, 5) is 11.8. The van der Waals surface area contributed by atoms with Crippen molar-refractivity contribution in [3.63, 3.8) is 0 Å². The molecule has 0 radical (unpaired) electrons. The largest absolute Gasteiger partial charge is 0.396 e. The third-order valence-electron chi connectivity index (χ3n) is 3.25. The summed E-state index contributed by atoms with van der Waals surface area (Å²) in [7, 11) is 0. The van der Waals surface area contributed by atoms with Crippen molar-refractivity contribution in [3.05, 3.63) is 12.2 Å². The van der Waals surface area contributed by atoms with E-state index < -0.39 is 0 Å². The summed E-state index contributed by atoms with van der Waals surface area (Å²) in [5, 5.41) is 8.73. The van der Waals surface area contributed by atoms with E-state index in [9.17, 15) is 4.79 Å². The summed E-state index contributed by atoms with van der Waals surface area (Å²) in [5.41, 5.74) is 0. The van der Waals surface area contributed by atoms with E-state index in [0.29, 0.717) is 11.7 Å². The van der Waals surface area contributed by atoms with Gasteiger partial charge < -0.3 is 5.11 Å². The van der Waals surface area contributed by atoms with E-state index in [1.54, 1.807) is 0 Å². The smallest absolute Gasteiger partial charge is 0.136 e. The number of aliphatic hydroxyl groups excluding tert-OH is 1. The molecule has 0 unspecified atom stereocenters. The lowest BCUT2D eigenvalue weighted by Crippen LogP contribution is -2.27.